The smallest absolute Gasteiger partial charge is 0.149 e. The van der Waals surface area contributed by atoms with E-state index >= 15 is 0 Å². The van der Waals surface area contributed by atoms with Gasteiger partial charge in [-0.15, -0.1) is 0 Å². The fourth-order valence-corrected chi connectivity index (χ4v) is 1.61. The normalized spacial score (nSPS) is 9.83. The molecule has 4 nitrogen and oxygen atoms in total. The van der Waals surface area contributed by atoms with Gasteiger partial charge in [-0.3, -0.25) is 0 Å². The Kier molecular flexibility index (Phi) is 3.31. The SMILES string of the molecule is N#Cc1cc(F)ccc1Nc1ncc(N)cc1Cl. The first-order chi connectivity index (χ1) is 8.60. The summed E-state index contributed by atoms with van der Waals surface area (Å²) < 4.78 is 13.0. The van der Waals surface area contributed by atoms with E-state index in [-0.39, 0.29) is 5.56 Å². The van der Waals surface area contributed by atoms with E-state index in [4.69, 9.17) is 22.6 Å². The van der Waals surface area contributed by atoms with Gasteiger partial charge >= 0.3 is 0 Å². The lowest BCUT2D eigenvalue weighted by molar-refractivity contribution is 0.627. The molecular formula is C12H8ClFN4. The van der Waals surface area contributed by atoms with E-state index < -0.39 is 5.82 Å². The molecule has 18 heavy (non-hydrogen) atoms. The van der Waals surface area contributed by atoms with Gasteiger partial charge in [0.15, 0.2) is 0 Å². The molecule has 0 unspecified atom stereocenters. The van der Waals surface area contributed by atoms with Crippen LogP contribution in [-0.4, -0.2) is 4.98 Å². The highest BCUT2D eigenvalue weighted by Crippen LogP contribution is 2.26. The molecule has 0 fully saturated rings. The van der Waals surface area contributed by atoms with E-state index in [9.17, 15) is 4.39 Å². The average molecular weight is 263 g/mol. The third-order valence-electron chi connectivity index (χ3n) is 2.22. The van der Waals surface area contributed by atoms with E-state index in [1.807, 2.05) is 6.07 Å². The molecule has 1 heterocycles. The number of nitrogens with one attached hydrogen (secondary N) is 1. The molecule has 6 heteroatoms. The van der Waals surface area contributed by atoms with Crippen LogP contribution in [0.3, 0.4) is 0 Å². The Morgan fingerprint density at radius 1 is 1.39 bits per heavy atom. The predicted octanol–water partition coefficient (Wildman–Crippen LogP) is 3.07. The van der Waals surface area contributed by atoms with Crippen LogP contribution in [-0.2, 0) is 0 Å². The van der Waals surface area contributed by atoms with Crippen molar-refractivity contribution in [2.24, 2.45) is 0 Å². The van der Waals surface area contributed by atoms with E-state index in [0.717, 1.165) is 6.07 Å². The number of pyridine rings is 1. The van der Waals surface area contributed by atoms with Crippen molar-refractivity contribution in [2.75, 3.05) is 11.1 Å². The van der Waals surface area contributed by atoms with E-state index in [2.05, 4.69) is 10.3 Å². The maximum absolute atomic E-state index is 13.0. The molecule has 0 amide bonds. The number of benzene rings is 1. The monoisotopic (exact) mass is 262 g/mol. The maximum atomic E-state index is 13.0. The van der Waals surface area contributed by atoms with Crippen molar-refractivity contribution in [1.82, 2.24) is 4.98 Å². The summed E-state index contributed by atoms with van der Waals surface area (Å²) >= 11 is 5.94. The molecular weight excluding hydrogens is 255 g/mol. The molecule has 0 aliphatic carbocycles. The number of halogens is 2. The van der Waals surface area contributed by atoms with Crippen LogP contribution in [0.5, 0.6) is 0 Å². The van der Waals surface area contributed by atoms with Gasteiger partial charge in [0.05, 0.1) is 28.2 Å². The lowest BCUT2D eigenvalue weighted by Gasteiger charge is -2.09. The second-order valence-corrected chi connectivity index (χ2v) is 3.93. The molecule has 2 rings (SSSR count). The maximum Gasteiger partial charge on any atom is 0.149 e. The highest BCUT2D eigenvalue weighted by atomic mass is 35.5. The van der Waals surface area contributed by atoms with Crippen molar-refractivity contribution in [3.05, 3.63) is 46.9 Å². The fraction of sp³-hybridized carbons (Fsp3) is 0. The quantitative estimate of drug-likeness (QED) is 0.872. The van der Waals surface area contributed by atoms with Gasteiger partial charge < -0.3 is 11.1 Å². The topological polar surface area (TPSA) is 74.7 Å². The number of rotatable bonds is 2. The first kappa shape index (κ1) is 12.1. The van der Waals surface area contributed by atoms with Crippen molar-refractivity contribution in [2.45, 2.75) is 0 Å². The van der Waals surface area contributed by atoms with Gasteiger partial charge in [-0.05, 0) is 24.3 Å². The number of nitrogens with zero attached hydrogens (tertiary/aromatic N) is 2. The van der Waals surface area contributed by atoms with Gasteiger partial charge in [-0.1, -0.05) is 11.6 Å². The Balaban J connectivity index is 2.37. The molecule has 0 spiro atoms. The highest BCUT2D eigenvalue weighted by molar-refractivity contribution is 6.33. The lowest BCUT2D eigenvalue weighted by atomic mass is 10.2. The average Bonchev–Trinajstić information content (AvgIpc) is 2.34. The zero-order valence-electron chi connectivity index (χ0n) is 9.11. The summed E-state index contributed by atoms with van der Waals surface area (Å²) in [5, 5.41) is 12.1. The Labute approximate surface area is 108 Å². The minimum atomic E-state index is -0.478. The van der Waals surface area contributed by atoms with E-state index in [0.29, 0.717) is 22.2 Å². The van der Waals surface area contributed by atoms with Gasteiger partial charge in [0, 0.05) is 0 Å². The Hall–Kier alpha value is -2.32. The summed E-state index contributed by atoms with van der Waals surface area (Å²) in [7, 11) is 0. The van der Waals surface area contributed by atoms with E-state index in [1.54, 1.807) is 0 Å². The number of nitrogens with two attached hydrogens (primary N) is 1. The van der Waals surface area contributed by atoms with Crippen molar-refractivity contribution in [3.63, 3.8) is 0 Å². The number of nitriles is 1. The van der Waals surface area contributed by atoms with Gasteiger partial charge in [0.25, 0.3) is 0 Å². The van der Waals surface area contributed by atoms with Crippen molar-refractivity contribution < 1.29 is 4.39 Å². The first-order valence-corrected chi connectivity index (χ1v) is 5.35. The van der Waals surface area contributed by atoms with Crippen molar-refractivity contribution >= 4 is 28.8 Å². The summed E-state index contributed by atoms with van der Waals surface area (Å²) in [5.41, 5.74) is 6.56. The van der Waals surface area contributed by atoms with Crippen LogP contribution in [0.15, 0.2) is 30.5 Å². The van der Waals surface area contributed by atoms with Crippen LogP contribution in [0.2, 0.25) is 5.02 Å². The summed E-state index contributed by atoms with van der Waals surface area (Å²) in [4.78, 5) is 4.00. The Bertz CT molecular complexity index is 636. The number of aromatic nitrogens is 1. The summed E-state index contributed by atoms with van der Waals surface area (Å²) in [6, 6.07) is 7.25. The molecule has 0 bridgehead atoms. The Morgan fingerprint density at radius 2 is 2.17 bits per heavy atom. The largest absolute Gasteiger partial charge is 0.397 e. The molecule has 0 aliphatic rings. The minimum absolute atomic E-state index is 0.171. The number of hydrogen-bond acceptors (Lipinski definition) is 4. The third-order valence-corrected chi connectivity index (χ3v) is 2.51. The standard InChI is InChI=1S/C12H8ClFN4/c13-10-4-9(16)6-17-12(10)18-11-2-1-8(14)3-7(11)5-15/h1-4,6H,16H2,(H,17,18). The molecule has 1 aromatic carbocycles. The highest BCUT2D eigenvalue weighted by Gasteiger charge is 2.07. The zero-order chi connectivity index (χ0) is 13.1. The minimum Gasteiger partial charge on any atom is -0.397 e. The van der Waals surface area contributed by atoms with Gasteiger partial charge in [0.2, 0.25) is 0 Å². The van der Waals surface area contributed by atoms with Crippen LogP contribution >= 0.6 is 11.6 Å². The van der Waals surface area contributed by atoms with Crippen LogP contribution in [0.1, 0.15) is 5.56 Å². The van der Waals surface area contributed by atoms with Gasteiger partial charge in [-0.25, -0.2) is 9.37 Å². The zero-order valence-corrected chi connectivity index (χ0v) is 9.87. The summed E-state index contributed by atoms with van der Waals surface area (Å²) in [6.45, 7) is 0. The molecule has 0 saturated heterocycles. The van der Waals surface area contributed by atoms with Crippen LogP contribution < -0.4 is 11.1 Å². The first-order valence-electron chi connectivity index (χ1n) is 4.98. The molecule has 2 aromatic rings. The molecule has 3 N–H and O–H groups in total. The lowest BCUT2D eigenvalue weighted by Crippen LogP contribution is -1.98. The van der Waals surface area contributed by atoms with Crippen LogP contribution in [0.4, 0.5) is 21.6 Å². The Morgan fingerprint density at radius 3 is 2.83 bits per heavy atom. The predicted molar refractivity (Wildman–Crippen MR) is 68.1 cm³/mol. The van der Waals surface area contributed by atoms with Gasteiger partial charge in [-0.2, -0.15) is 5.26 Å². The second-order valence-electron chi connectivity index (χ2n) is 3.53. The molecule has 0 atom stereocenters. The summed E-state index contributed by atoms with van der Waals surface area (Å²) in [5.74, 6) is -0.123. The second kappa shape index (κ2) is 4.90. The van der Waals surface area contributed by atoms with Gasteiger partial charge in [0.1, 0.15) is 17.7 Å². The number of hydrogen-bond donors (Lipinski definition) is 2. The van der Waals surface area contributed by atoms with Crippen molar-refractivity contribution in [1.29, 1.82) is 5.26 Å². The summed E-state index contributed by atoms with van der Waals surface area (Å²) in [6.07, 6.45) is 1.43. The number of anilines is 3. The van der Waals surface area contributed by atoms with E-state index in [1.165, 1.54) is 24.4 Å². The van der Waals surface area contributed by atoms with Crippen LogP contribution in [0.25, 0.3) is 0 Å². The molecule has 0 radical (unpaired) electrons. The third kappa shape index (κ3) is 2.50. The number of nitrogen functional groups attached to an aromatic ring is 1. The fourth-order valence-electron chi connectivity index (χ4n) is 1.39. The molecule has 90 valence electrons. The van der Waals surface area contributed by atoms with Crippen molar-refractivity contribution in [3.8, 4) is 6.07 Å². The van der Waals surface area contributed by atoms with Crippen LogP contribution in [0, 0.1) is 17.1 Å². The molecule has 0 aliphatic heterocycles. The molecule has 0 saturated carbocycles. The molecule has 1 aromatic heterocycles.